The van der Waals surface area contributed by atoms with Gasteiger partial charge in [-0.25, -0.2) is 0 Å². The summed E-state index contributed by atoms with van der Waals surface area (Å²) in [7, 11) is 0. The minimum atomic E-state index is -0.0201. The van der Waals surface area contributed by atoms with E-state index in [1.165, 1.54) is 11.1 Å². The molecule has 2 fully saturated rings. The highest BCUT2D eigenvalue weighted by Crippen LogP contribution is 2.50. The van der Waals surface area contributed by atoms with E-state index in [1.54, 1.807) is 0 Å². The average molecular weight is 417 g/mol. The molecule has 0 radical (unpaired) electrons. The van der Waals surface area contributed by atoms with Crippen LogP contribution in [0.5, 0.6) is 0 Å². The molecule has 2 saturated carbocycles. The first-order chi connectivity index (χ1) is 14.4. The van der Waals surface area contributed by atoms with E-state index in [0.29, 0.717) is 30.8 Å². The molecule has 2 heteroatoms. The van der Waals surface area contributed by atoms with Crippen LogP contribution in [0, 0.1) is 11.8 Å². The molecule has 4 atom stereocenters. The van der Waals surface area contributed by atoms with Crippen LogP contribution in [0.4, 0.5) is 0 Å². The molecule has 164 valence electrons. The summed E-state index contributed by atoms with van der Waals surface area (Å²) in [4.78, 5) is 26.4. The van der Waals surface area contributed by atoms with Crippen molar-refractivity contribution < 1.29 is 9.59 Å². The van der Waals surface area contributed by atoms with Gasteiger partial charge in [-0.15, -0.1) is 0 Å². The van der Waals surface area contributed by atoms with Crippen molar-refractivity contribution in [2.24, 2.45) is 11.8 Å². The third-order valence-electron chi connectivity index (χ3n) is 7.56. The van der Waals surface area contributed by atoms with Gasteiger partial charge in [-0.1, -0.05) is 90.1 Å². The Morgan fingerprint density at radius 2 is 0.871 bits per heavy atom. The topological polar surface area (TPSA) is 34.1 Å². The summed E-state index contributed by atoms with van der Waals surface area (Å²) in [6.07, 6.45) is 1.69. The standard InChI is InChI=1S/C29H36O2/c1-28(2,3)20-11-7-18(8-12-20)22-16-26(30)25-15-24(22)27(31)17-23(25)19-9-13-21(14-10-19)29(4,5)6/h7-14,22-25H,15-17H2,1-6H3/t22-,23-,24+,25+/m1/s1. The van der Waals surface area contributed by atoms with Crippen molar-refractivity contribution in [3.8, 4) is 0 Å². The Balaban J connectivity index is 1.56. The minimum Gasteiger partial charge on any atom is -0.299 e. The fourth-order valence-electron chi connectivity index (χ4n) is 5.50. The lowest BCUT2D eigenvalue weighted by Crippen LogP contribution is -2.43. The Morgan fingerprint density at radius 1 is 0.548 bits per heavy atom. The number of benzene rings is 2. The average Bonchev–Trinajstić information content (AvgIpc) is 2.71. The quantitative estimate of drug-likeness (QED) is 0.545. The zero-order chi connectivity index (χ0) is 22.6. The third-order valence-corrected chi connectivity index (χ3v) is 7.56. The molecule has 2 aliphatic carbocycles. The number of fused-ring (bicyclic) bond motifs is 2. The molecular weight excluding hydrogens is 380 g/mol. The Bertz CT molecular complexity index is 886. The van der Waals surface area contributed by atoms with E-state index < -0.39 is 0 Å². The van der Waals surface area contributed by atoms with E-state index in [0.717, 1.165) is 11.1 Å². The van der Waals surface area contributed by atoms with Crippen LogP contribution in [-0.4, -0.2) is 11.6 Å². The van der Waals surface area contributed by atoms with Gasteiger partial charge < -0.3 is 0 Å². The predicted octanol–water partition coefficient (Wildman–Crippen LogP) is 6.72. The maximum Gasteiger partial charge on any atom is 0.137 e. The largest absolute Gasteiger partial charge is 0.299 e. The molecule has 0 spiro atoms. The molecule has 0 N–H and O–H groups in total. The second-order valence-corrected chi connectivity index (χ2v) is 11.7. The highest BCUT2D eigenvalue weighted by Gasteiger charge is 2.48. The Hall–Kier alpha value is -2.22. The van der Waals surface area contributed by atoms with Crippen LogP contribution in [0.1, 0.15) is 94.9 Å². The Morgan fingerprint density at radius 3 is 1.16 bits per heavy atom. The summed E-state index contributed by atoms with van der Waals surface area (Å²) in [6, 6.07) is 17.2. The summed E-state index contributed by atoms with van der Waals surface area (Å²) in [5, 5.41) is 0. The second-order valence-electron chi connectivity index (χ2n) is 11.7. The number of Topliss-reactive ketones (excluding diaryl/α,β-unsaturated/α-hetero) is 2. The molecule has 2 aromatic carbocycles. The summed E-state index contributed by atoms with van der Waals surface area (Å²) in [5.41, 5.74) is 5.05. The Labute approximate surface area is 187 Å². The summed E-state index contributed by atoms with van der Waals surface area (Å²) in [5.74, 6) is 0.697. The molecule has 0 unspecified atom stereocenters. The molecule has 4 rings (SSSR count). The summed E-state index contributed by atoms with van der Waals surface area (Å²) < 4.78 is 0. The van der Waals surface area contributed by atoms with Crippen molar-refractivity contribution in [1.29, 1.82) is 0 Å². The third kappa shape index (κ3) is 4.27. The maximum atomic E-state index is 13.2. The monoisotopic (exact) mass is 416 g/mol. The molecule has 2 nitrogen and oxygen atoms in total. The SMILES string of the molecule is CC(C)(C)c1ccc([C@H]2CC(=O)[C@H]3C[C@@H]2C(=O)C[C@@H]3c2ccc(C(C)(C)C)cc2)cc1. The highest BCUT2D eigenvalue weighted by molar-refractivity contribution is 5.93. The van der Waals surface area contributed by atoms with Crippen molar-refractivity contribution in [1.82, 2.24) is 0 Å². The number of hydrogen-bond acceptors (Lipinski definition) is 2. The van der Waals surface area contributed by atoms with Gasteiger partial charge in [0.25, 0.3) is 0 Å². The van der Waals surface area contributed by atoms with Crippen LogP contribution in [0.15, 0.2) is 48.5 Å². The first-order valence-electron chi connectivity index (χ1n) is 11.7. The Kier molecular flexibility index (Phi) is 5.48. The minimum absolute atomic E-state index is 0.0201. The second kappa shape index (κ2) is 7.73. The number of hydrogen-bond donors (Lipinski definition) is 0. The van der Waals surface area contributed by atoms with Crippen molar-refractivity contribution >= 4 is 11.6 Å². The van der Waals surface area contributed by atoms with Gasteiger partial charge in [0.2, 0.25) is 0 Å². The van der Waals surface area contributed by atoms with Gasteiger partial charge in [-0.2, -0.15) is 0 Å². The normalized spacial score (nSPS) is 26.8. The molecular formula is C29H36O2. The molecule has 0 aromatic heterocycles. The van der Waals surface area contributed by atoms with Gasteiger partial charge in [0, 0.05) is 36.5 Å². The fourth-order valence-corrected chi connectivity index (χ4v) is 5.50. The summed E-state index contributed by atoms with van der Waals surface area (Å²) in [6.45, 7) is 13.2. The molecule has 31 heavy (non-hydrogen) atoms. The fraction of sp³-hybridized carbons (Fsp3) is 0.517. The van der Waals surface area contributed by atoms with Crippen LogP contribution in [-0.2, 0) is 20.4 Å². The predicted molar refractivity (Wildman–Crippen MR) is 127 cm³/mol. The number of carbonyl (C=O) groups is 2. The lowest BCUT2D eigenvalue weighted by atomic mass is 9.59. The van der Waals surface area contributed by atoms with Gasteiger partial charge in [0.15, 0.2) is 0 Å². The molecule has 2 aliphatic rings. The first-order valence-corrected chi connectivity index (χ1v) is 11.7. The highest BCUT2D eigenvalue weighted by atomic mass is 16.1. The van der Waals surface area contributed by atoms with E-state index in [-0.39, 0.29) is 34.5 Å². The molecule has 2 aromatic rings. The van der Waals surface area contributed by atoms with Crippen LogP contribution in [0.3, 0.4) is 0 Å². The van der Waals surface area contributed by atoms with Crippen LogP contribution < -0.4 is 0 Å². The maximum absolute atomic E-state index is 13.2. The van der Waals surface area contributed by atoms with Crippen molar-refractivity contribution in [2.45, 2.75) is 83.5 Å². The molecule has 0 saturated heterocycles. The van der Waals surface area contributed by atoms with Crippen molar-refractivity contribution in [3.63, 3.8) is 0 Å². The van der Waals surface area contributed by atoms with Gasteiger partial charge in [0.1, 0.15) is 11.6 Å². The van der Waals surface area contributed by atoms with E-state index in [2.05, 4.69) is 90.1 Å². The number of rotatable bonds is 2. The van der Waals surface area contributed by atoms with E-state index in [4.69, 9.17) is 0 Å². The number of ketones is 2. The van der Waals surface area contributed by atoms with Crippen molar-refractivity contribution in [2.75, 3.05) is 0 Å². The van der Waals surface area contributed by atoms with Gasteiger partial charge >= 0.3 is 0 Å². The van der Waals surface area contributed by atoms with Crippen LogP contribution in [0.25, 0.3) is 0 Å². The van der Waals surface area contributed by atoms with Crippen LogP contribution >= 0.6 is 0 Å². The molecule has 2 bridgehead atoms. The summed E-state index contributed by atoms with van der Waals surface area (Å²) >= 11 is 0. The molecule has 0 aliphatic heterocycles. The molecule has 0 heterocycles. The van der Waals surface area contributed by atoms with Crippen LogP contribution in [0.2, 0.25) is 0 Å². The van der Waals surface area contributed by atoms with E-state index in [1.807, 2.05) is 0 Å². The van der Waals surface area contributed by atoms with E-state index in [9.17, 15) is 9.59 Å². The first kappa shape index (κ1) is 22.0. The van der Waals surface area contributed by atoms with Gasteiger partial charge in [-0.3, -0.25) is 9.59 Å². The van der Waals surface area contributed by atoms with Crippen molar-refractivity contribution in [3.05, 3.63) is 70.8 Å². The van der Waals surface area contributed by atoms with Gasteiger partial charge in [-0.05, 0) is 39.5 Å². The van der Waals surface area contributed by atoms with Gasteiger partial charge in [0.05, 0.1) is 0 Å². The smallest absolute Gasteiger partial charge is 0.137 e. The zero-order valence-corrected chi connectivity index (χ0v) is 19.9. The lowest BCUT2D eigenvalue weighted by Gasteiger charge is -2.43. The zero-order valence-electron chi connectivity index (χ0n) is 19.9. The lowest BCUT2D eigenvalue weighted by molar-refractivity contribution is -0.137. The number of carbonyl (C=O) groups excluding carboxylic acids is 2. The van der Waals surface area contributed by atoms with E-state index >= 15 is 0 Å². The molecule has 0 amide bonds.